The van der Waals surface area contributed by atoms with Gasteiger partial charge < -0.3 is 10.6 Å². The molecule has 0 unspecified atom stereocenters. The molecule has 0 fully saturated rings. The van der Waals surface area contributed by atoms with Crippen molar-refractivity contribution in [3.05, 3.63) is 35.4 Å². The van der Waals surface area contributed by atoms with Gasteiger partial charge in [-0.1, -0.05) is 24.6 Å². The number of hydrogen-bond donors (Lipinski definition) is 2. The van der Waals surface area contributed by atoms with Gasteiger partial charge in [-0.3, -0.25) is 4.79 Å². The molecule has 2 N–H and O–H groups in total. The number of sulfone groups is 1. The Kier molecular flexibility index (Phi) is 7.39. The van der Waals surface area contributed by atoms with E-state index >= 15 is 0 Å². The third-order valence-electron chi connectivity index (χ3n) is 3.01. The van der Waals surface area contributed by atoms with Gasteiger partial charge in [-0.2, -0.15) is 0 Å². The Hall–Kier alpha value is -1.40. The predicted molar refractivity (Wildman–Crippen MR) is 85.3 cm³/mol. The molecular weight excluding hydrogens is 288 g/mol. The molecule has 0 radical (unpaired) electrons. The zero-order valence-corrected chi connectivity index (χ0v) is 13.5. The van der Waals surface area contributed by atoms with Crippen LogP contribution < -0.4 is 10.6 Å². The van der Waals surface area contributed by atoms with Gasteiger partial charge in [0.15, 0.2) is 9.84 Å². The number of rotatable bonds is 9. The molecule has 1 aromatic rings. The second-order valence-electron chi connectivity index (χ2n) is 5.02. The maximum absolute atomic E-state index is 11.8. The largest absolute Gasteiger partial charge is 0.351 e. The van der Waals surface area contributed by atoms with Gasteiger partial charge in [0.25, 0.3) is 5.91 Å². The Balaban J connectivity index is 2.17. The second-order valence-corrected chi connectivity index (χ2v) is 7.33. The van der Waals surface area contributed by atoms with E-state index in [9.17, 15) is 13.2 Å². The molecule has 1 amide bonds. The van der Waals surface area contributed by atoms with Gasteiger partial charge >= 0.3 is 0 Å². The van der Waals surface area contributed by atoms with Crippen molar-refractivity contribution in [1.82, 2.24) is 10.6 Å². The van der Waals surface area contributed by atoms with E-state index in [0.29, 0.717) is 31.6 Å². The van der Waals surface area contributed by atoms with Crippen LogP contribution in [0.1, 0.15) is 29.3 Å². The first-order chi connectivity index (χ1) is 9.94. The molecule has 1 aromatic carbocycles. The number of amides is 1. The maximum Gasteiger partial charge on any atom is 0.251 e. The molecule has 0 heterocycles. The van der Waals surface area contributed by atoms with Crippen LogP contribution in [-0.2, 0) is 9.84 Å². The van der Waals surface area contributed by atoms with Crippen LogP contribution >= 0.6 is 0 Å². The summed E-state index contributed by atoms with van der Waals surface area (Å²) in [6.45, 7) is 5.27. The summed E-state index contributed by atoms with van der Waals surface area (Å²) < 4.78 is 22.9. The van der Waals surface area contributed by atoms with E-state index in [1.165, 1.54) is 0 Å². The Morgan fingerprint density at radius 1 is 1.05 bits per heavy atom. The highest BCUT2D eigenvalue weighted by Crippen LogP contribution is 2.02. The van der Waals surface area contributed by atoms with Gasteiger partial charge in [0.05, 0.1) is 5.75 Å². The van der Waals surface area contributed by atoms with Crippen molar-refractivity contribution in [2.24, 2.45) is 0 Å². The van der Waals surface area contributed by atoms with Crippen LogP contribution in [0.15, 0.2) is 24.3 Å². The van der Waals surface area contributed by atoms with Crippen molar-refractivity contribution in [1.29, 1.82) is 0 Å². The van der Waals surface area contributed by atoms with Crippen molar-refractivity contribution < 1.29 is 13.2 Å². The summed E-state index contributed by atoms with van der Waals surface area (Å²) in [5, 5.41) is 5.81. The minimum Gasteiger partial charge on any atom is -0.351 e. The lowest BCUT2D eigenvalue weighted by Crippen LogP contribution is -2.34. The van der Waals surface area contributed by atoms with Gasteiger partial charge in [0.1, 0.15) is 0 Å². The van der Waals surface area contributed by atoms with Crippen molar-refractivity contribution in [2.75, 3.05) is 31.1 Å². The van der Waals surface area contributed by atoms with Crippen LogP contribution in [0, 0.1) is 6.92 Å². The number of aryl methyl sites for hydroxylation is 1. The quantitative estimate of drug-likeness (QED) is 0.671. The van der Waals surface area contributed by atoms with Crippen LogP contribution in [0.4, 0.5) is 0 Å². The molecule has 0 aliphatic heterocycles. The van der Waals surface area contributed by atoms with E-state index in [4.69, 9.17) is 0 Å². The first-order valence-corrected chi connectivity index (χ1v) is 9.03. The second kappa shape index (κ2) is 8.79. The smallest absolute Gasteiger partial charge is 0.251 e. The molecule has 0 bridgehead atoms. The molecule has 118 valence electrons. The van der Waals surface area contributed by atoms with Crippen molar-refractivity contribution >= 4 is 15.7 Å². The zero-order valence-electron chi connectivity index (χ0n) is 12.7. The molecular formula is C15H24N2O3S. The predicted octanol–water partition coefficient (Wildman–Crippen LogP) is 1.14. The van der Waals surface area contributed by atoms with Crippen LogP contribution in [-0.4, -0.2) is 45.5 Å². The van der Waals surface area contributed by atoms with Crippen LogP contribution in [0.25, 0.3) is 0 Å². The summed E-state index contributed by atoms with van der Waals surface area (Å²) in [6, 6.07) is 7.36. The monoisotopic (exact) mass is 312 g/mol. The van der Waals surface area contributed by atoms with E-state index in [1.54, 1.807) is 12.1 Å². The highest BCUT2D eigenvalue weighted by atomic mass is 32.2. The van der Waals surface area contributed by atoms with E-state index in [-0.39, 0.29) is 17.4 Å². The van der Waals surface area contributed by atoms with Crippen LogP contribution in [0.3, 0.4) is 0 Å². The Labute approximate surface area is 127 Å². The minimum atomic E-state index is -2.93. The fourth-order valence-electron chi connectivity index (χ4n) is 1.84. The zero-order chi connectivity index (χ0) is 15.7. The molecule has 0 atom stereocenters. The molecule has 0 aliphatic rings. The highest BCUT2D eigenvalue weighted by Gasteiger charge is 2.08. The lowest BCUT2D eigenvalue weighted by molar-refractivity contribution is 0.0954. The van der Waals surface area contributed by atoms with Gasteiger partial charge in [0, 0.05) is 31.0 Å². The lowest BCUT2D eigenvalue weighted by atomic mass is 10.1. The summed E-state index contributed by atoms with van der Waals surface area (Å²) in [7, 11) is -2.93. The van der Waals surface area contributed by atoms with E-state index in [2.05, 4.69) is 10.6 Å². The lowest BCUT2D eigenvalue weighted by Gasteiger charge is -2.07. The molecule has 21 heavy (non-hydrogen) atoms. The summed E-state index contributed by atoms with van der Waals surface area (Å²) in [5.41, 5.74) is 1.74. The summed E-state index contributed by atoms with van der Waals surface area (Å²) in [6.07, 6.45) is 0.648. The van der Waals surface area contributed by atoms with Crippen LogP contribution in [0.5, 0.6) is 0 Å². The summed E-state index contributed by atoms with van der Waals surface area (Å²) in [5.74, 6) is 0.265. The number of carbonyl (C=O) groups excluding carboxylic acids is 1. The first kappa shape index (κ1) is 17.7. The molecule has 5 nitrogen and oxygen atoms in total. The Morgan fingerprint density at radius 3 is 2.33 bits per heavy atom. The van der Waals surface area contributed by atoms with E-state index in [0.717, 1.165) is 5.56 Å². The van der Waals surface area contributed by atoms with E-state index in [1.807, 2.05) is 26.0 Å². The van der Waals surface area contributed by atoms with Crippen LogP contribution in [0.2, 0.25) is 0 Å². The first-order valence-electron chi connectivity index (χ1n) is 7.20. The Morgan fingerprint density at radius 2 is 1.71 bits per heavy atom. The van der Waals surface area contributed by atoms with Gasteiger partial charge in [-0.25, -0.2) is 8.42 Å². The van der Waals surface area contributed by atoms with Crippen molar-refractivity contribution in [3.8, 4) is 0 Å². The fraction of sp³-hybridized carbons (Fsp3) is 0.533. The molecule has 0 aliphatic carbocycles. The fourth-order valence-corrected chi connectivity index (χ4v) is 3.12. The highest BCUT2D eigenvalue weighted by molar-refractivity contribution is 7.91. The molecule has 0 aromatic heterocycles. The van der Waals surface area contributed by atoms with Crippen molar-refractivity contribution in [2.45, 2.75) is 20.3 Å². The number of benzene rings is 1. The molecule has 0 saturated heterocycles. The molecule has 6 heteroatoms. The number of nitrogens with one attached hydrogen (secondary N) is 2. The number of carbonyl (C=O) groups is 1. The van der Waals surface area contributed by atoms with Gasteiger partial charge in [-0.15, -0.1) is 0 Å². The average molecular weight is 312 g/mol. The third kappa shape index (κ3) is 7.24. The normalized spacial score (nSPS) is 11.3. The maximum atomic E-state index is 11.8. The summed E-state index contributed by atoms with van der Waals surface area (Å²) >= 11 is 0. The Bertz CT molecular complexity index is 539. The van der Waals surface area contributed by atoms with E-state index < -0.39 is 9.84 Å². The van der Waals surface area contributed by atoms with Gasteiger partial charge in [-0.05, 0) is 25.5 Å². The van der Waals surface area contributed by atoms with Crippen molar-refractivity contribution in [3.63, 3.8) is 0 Å². The SMILES string of the molecule is CCCS(=O)(=O)CCNCCNC(=O)c1ccc(C)cc1. The number of hydrogen-bond acceptors (Lipinski definition) is 4. The topological polar surface area (TPSA) is 75.3 Å². The third-order valence-corrected chi connectivity index (χ3v) is 4.86. The minimum absolute atomic E-state index is 0.115. The molecule has 1 rings (SSSR count). The molecule has 0 spiro atoms. The standard InChI is InChI=1S/C15H24N2O3S/c1-3-11-21(19,20)12-10-16-8-9-17-15(18)14-6-4-13(2)5-7-14/h4-7,16H,3,8-12H2,1-2H3,(H,17,18). The average Bonchev–Trinajstić information content (AvgIpc) is 2.43. The molecule has 0 saturated carbocycles. The summed E-state index contributed by atoms with van der Waals surface area (Å²) in [4.78, 5) is 11.8. The van der Waals surface area contributed by atoms with Gasteiger partial charge in [0.2, 0.25) is 0 Å².